The highest BCUT2D eigenvalue weighted by molar-refractivity contribution is 7.17. The smallest absolute Gasteiger partial charge is 0.244 e. The van der Waals surface area contributed by atoms with E-state index >= 15 is 0 Å². The van der Waals surface area contributed by atoms with Crippen molar-refractivity contribution in [2.24, 2.45) is 11.5 Å². The maximum absolute atomic E-state index is 13.5. The molecule has 388 valence electrons. The minimum Gasteiger partial charge on any atom is -0.361 e. The summed E-state index contributed by atoms with van der Waals surface area (Å²) >= 11 is 1.59. The predicted molar refractivity (Wildman–Crippen MR) is 299 cm³/mol. The van der Waals surface area contributed by atoms with Gasteiger partial charge >= 0.3 is 0 Å². The number of nitrogens with two attached hydrogens (primary N) is 2. The molecule has 0 fully saturated rings. The lowest BCUT2D eigenvalue weighted by Gasteiger charge is -2.26. The number of rotatable bonds is 20. The van der Waals surface area contributed by atoms with E-state index in [1.165, 1.54) is 0 Å². The second-order valence-corrected chi connectivity index (χ2v) is 19.8. The van der Waals surface area contributed by atoms with Crippen molar-refractivity contribution in [2.45, 2.75) is 104 Å². The van der Waals surface area contributed by atoms with Crippen LogP contribution in [0, 0.1) is 0 Å². The number of carbonyl (C=O) groups excluding carboxylic acids is 6. The van der Waals surface area contributed by atoms with Crippen LogP contribution in [0.15, 0.2) is 145 Å². The highest BCUT2D eigenvalue weighted by Gasteiger charge is 2.32. The molecule has 6 aromatic carbocycles. The van der Waals surface area contributed by atoms with Crippen LogP contribution in [0.3, 0.4) is 0 Å². The fraction of sp³-hybridized carbons (Fsp3) is 0.276. The highest BCUT2D eigenvalue weighted by Crippen LogP contribution is 2.27. The van der Waals surface area contributed by atoms with E-state index in [2.05, 4.69) is 36.9 Å². The SMILES string of the molecule is C.C.CC(C)(N)C(=O)N[C@H](Cc1cccc2ccccc12)C(=O)N[C@H](Cc1c[nH]c2ccccc12)NC=O.CC(C)(N)C(=O)N[C@H](Cc1csc2ccccc12)C(=O)N[C@H](Cc1cccc2ccccc12)NC=O. The molecule has 15 nitrogen and oxygen atoms in total. The summed E-state index contributed by atoms with van der Waals surface area (Å²) in [6, 6.07) is 41.6. The molecule has 8 rings (SSSR count). The Balaban J connectivity index is 0.000000267. The Morgan fingerprint density at radius 2 is 0.932 bits per heavy atom. The molecule has 11 N–H and O–H groups in total. The van der Waals surface area contributed by atoms with Gasteiger partial charge in [0, 0.05) is 47.5 Å². The van der Waals surface area contributed by atoms with E-state index in [0.29, 0.717) is 32.1 Å². The van der Waals surface area contributed by atoms with Gasteiger partial charge in [-0.1, -0.05) is 136 Å². The molecule has 74 heavy (non-hydrogen) atoms. The molecular weight excluding hydrogens is 951 g/mol. The second kappa shape index (κ2) is 25.6. The van der Waals surface area contributed by atoms with Crippen molar-refractivity contribution in [1.82, 2.24) is 36.9 Å². The molecule has 0 saturated heterocycles. The normalized spacial score (nSPS) is 12.8. The van der Waals surface area contributed by atoms with Crippen LogP contribution in [0.4, 0.5) is 0 Å². The predicted octanol–water partition coefficient (Wildman–Crippen LogP) is 7.04. The number of thiophene rings is 1. The fourth-order valence-electron chi connectivity index (χ4n) is 8.43. The fourth-order valence-corrected chi connectivity index (χ4v) is 9.41. The van der Waals surface area contributed by atoms with Crippen LogP contribution in [-0.4, -0.2) is 76.9 Å². The largest absolute Gasteiger partial charge is 0.361 e. The summed E-state index contributed by atoms with van der Waals surface area (Å²) in [6.45, 7) is 6.36. The van der Waals surface area contributed by atoms with Crippen molar-refractivity contribution in [3.8, 4) is 0 Å². The van der Waals surface area contributed by atoms with Crippen molar-refractivity contribution in [3.05, 3.63) is 167 Å². The molecule has 6 amide bonds. The summed E-state index contributed by atoms with van der Waals surface area (Å²) in [6.07, 6.45) is 2.96. The number of hydrogen-bond donors (Lipinski definition) is 9. The number of hydrogen-bond acceptors (Lipinski definition) is 9. The van der Waals surface area contributed by atoms with E-state index in [1.54, 1.807) is 39.0 Å². The van der Waals surface area contributed by atoms with Crippen molar-refractivity contribution in [1.29, 1.82) is 0 Å². The first-order valence-corrected chi connectivity index (χ1v) is 24.5. The van der Waals surface area contributed by atoms with Gasteiger partial charge in [0.1, 0.15) is 24.4 Å². The van der Waals surface area contributed by atoms with Crippen LogP contribution in [0.25, 0.3) is 42.5 Å². The Morgan fingerprint density at radius 3 is 1.45 bits per heavy atom. The number of H-pyrrole nitrogens is 1. The third-order valence-corrected chi connectivity index (χ3v) is 13.3. The molecule has 0 aliphatic rings. The molecule has 16 heteroatoms. The Kier molecular flexibility index (Phi) is 19.7. The molecule has 0 aliphatic carbocycles. The number of para-hydroxylation sites is 1. The summed E-state index contributed by atoms with van der Waals surface area (Å²) < 4.78 is 1.11. The minimum atomic E-state index is -1.16. The molecule has 0 radical (unpaired) electrons. The van der Waals surface area contributed by atoms with Gasteiger partial charge in [-0.15, -0.1) is 11.3 Å². The number of aromatic amines is 1. The van der Waals surface area contributed by atoms with Crippen molar-refractivity contribution in [3.63, 3.8) is 0 Å². The topological polar surface area (TPSA) is 242 Å². The molecule has 0 aliphatic heterocycles. The van der Waals surface area contributed by atoms with Gasteiger partial charge in [0.15, 0.2) is 0 Å². The average Bonchev–Trinajstić information content (AvgIpc) is 3.97. The van der Waals surface area contributed by atoms with Gasteiger partial charge in [0.2, 0.25) is 36.4 Å². The van der Waals surface area contributed by atoms with Crippen LogP contribution in [-0.2, 0) is 54.5 Å². The van der Waals surface area contributed by atoms with E-state index in [1.807, 2.05) is 145 Å². The molecule has 2 heterocycles. The van der Waals surface area contributed by atoms with E-state index < -0.39 is 59.1 Å². The first kappa shape index (κ1) is 57.0. The van der Waals surface area contributed by atoms with Gasteiger partial charge < -0.3 is 48.4 Å². The number of nitrogens with one attached hydrogen (secondary N) is 7. The van der Waals surface area contributed by atoms with Gasteiger partial charge in [-0.3, -0.25) is 28.8 Å². The molecule has 0 bridgehead atoms. The third-order valence-electron chi connectivity index (χ3n) is 12.3. The maximum atomic E-state index is 13.5. The Bertz CT molecular complexity index is 3200. The van der Waals surface area contributed by atoms with Crippen molar-refractivity contribution in [2.75, 3.05) is 0 Å². The summed E-state index contributed by atoms with van der Waals surface area (Å²) in [7, 11) is 0. The molecule has 4 atom stereocenters. The van der Waals surface area contributed by atoms with Crippen LogP contribution >= 0.6 is 11.3 Å². The average molecular weight is 1020 g/mol. The molecule has 0 spiro atoms. The third kappa shape index (κ3) is 14.6. The quantitative estimate of drug-likeness (QED) is 0.0283. The van der Waals surface area contributed by atoms with Crippen molar-refractivity contribution < 1.29 is 28.8 Å². The van der Waals surface area contributed by atoms with Crippen LogP contribution in [0.5, 0.6) is 0 Å². The lowest BCUT2D eigenvalue weighted by atomic mass is 9.97. The Morgan fingerprint density at radius 1 is 0.514 bits per heavy atom. The van der Waals surface area contributed by atoms with Crippen LogP contribution in [0.1, 0.15) is 64.8 Å². The van der Waals surface area contributed by atoms with Crippen LogP contribution in [0.2, 0.25) is 0 Å². The summed E-state index contributed by atoms with van der Waals surface area (Å²) in [5, 5.41) is 25.0. The minimum absolute atomic E-state index is 0. The Hall–Kier alpha value is -7.92. The zero-order valence-corrected chi connectivity index (χ0v) is 41.5. The molecule has 0 unspecified atom stereocenters. The summed E-state index contributed by atoms with van der Waals surface area (Å²) in [4.78, 5) is 78.4. The lowest BCUT2D eigenvalue weighted by molar-refractivity contribution is -0.131. The van der Waals surface area contributed by atoms with Crippen molar-refractivity contribution >= 4 is 90.3 Å². The van der Waals surface area contributed by atoms with Gasteiger partial charge in [0.05, 0.1) is 11.1 Å². The standard InChI is InChI=1S/C28H31N5O3.C28H30N4O3S.2CH4/c1-28(2,29)27(36)32-24(14-19-10-7-9-18-8-3-4-11-21(18)19)26(35)33-25(31-17-34)15-20-16-30-23-13-6-5-12-22(20)23;1-28(2,29)27(35)31-23(14-20-16-36-24-13-6-5-12-22(20)24)26(34)32-25(30-17-33)15-19-10-7-9-18-8-3-4-11-21(18)19;;/h3-13,16-17,24-25,30H,14-15,29H2,1-2H3,(H,31,34)(H,32,36)(H,33,35);3-13,16-17,23,25H,14-15,29H2,1-2H3,(H,30,33)(H,31,35)(H,32,34);2*1H4/t24-,25-;23-,25-;;/m11../s1. The van der Waals surface area contributed by atoms with E-state index in [4.69, 9.17) is 11.5 Å². The zero-order chi connectivity index (χ0) is 51.4. The zero-order valence-electron chi connectivity index (χ0n) is 40.7. The van der Waals surface area contributed by atoms with Gasteiger partial charge in [-0.25, -0.2) is 0 Å². The number of fused-ring (bicyclic) bond motifs is 4. The van der Waals surface area contributed by atoms with Gasteiger partial charge in [-0.2, -0.15) is 0 Å². The number of aromatic nitrogens is 1. The van der Waals surface area contributed by atoms with E-state index in [-0.39, 0.29) is 21.3 Å². The first-order chi connectivity index (χ1) is 34.5. The van der Waals surface area contributed by atoms with E-state index in [0.717, 1.165) is 64.8 Å². The second-order valence-electron chi connectivity index (χ2n) is 18.9. The molecule has 8 aromatic rings. The summed E-state index contributed by atoms with van der Waals surface area (Å²) in [5.41, 5.74) is 14.4. The summed E-state index contributed by atoms with van der Waals surface area (Å²) in [5.74, 6) is -1.70. The van der Waals surface area contributed by atoms with Gasteiger partial charge in [-0.05, 0) is 94.4 Å². The molecule has 0 saturated carbocycles. The molecule has 2 aromatic heterocycles. The highest BCUT2D eigenvalue weighted by atomic mass is 32.1. The Labute approximate surface area is 436 Å². The van der Waals surface area contributed by atoms with E-state index in [9.17, 15) is 28.8 Å². The number of amides is 6. The lowest BCUT2D eigenvalue weighted by Crippen LogP contribution is -2.59. The number of carbonyl (C=O) groups is 6. The monoisotopic (exact) mass is 1020 g/mol. The first-order valence-electron chi connectivity index (χ1n) is 23.7. The van der Waals surface area contributed by atoms with Crippen LogP contribution < -0.4 is 43.4 Å². The molecular formula is C58H69N9O6S. The van der Waals surface area contributed by atoms with Gasteiger partial charge in [0.25, 0.3) is 0 Å². The maximum Gasteiger partial charge on any atom is 0.244 e. The number of benzene rings is 6.